The summed E-state index contributed by atoms with van der Waals surface area (Å²) in [6.45, 7) is 4.29. The molecule has 152 valence electrons. The van der Waals surface area contributed by atoms with Crippen LogP contribution in [-0.4, -0.2) is 73.1 Å². The topological polar surface area (TPSA) is 35.5 Å². The van der Waals surface area contributed by atoms with Crippen molar-refractivity contribution in [2.45, 2.75) is 18.9 Å². The summed E-state index contributed by atoms with van der Waals surface area (Å²) >= 11 is 0. The van der Waals surface area contributed by atoms with Gasteiger partial charge in [0, 0.05) is 30.9 Å². The normalized spacial score (nSPS) is 17.0. The predicted molar refractivity (Wildman–Crippen MR) is 121 cm³/mol. The lowest BCUT2D eigenvalue weighted by atomic mass is 10.1. The Kier molecular flexibility index (Phi) is 6.07. The lowest BCUT2D eigenvalue weighted by molar-refractivity contribution is 0.242. The van der Waals surface area contributed by atoms with Gasteiger partial charge in [0.25, 0.3) is 0 Å². The smallest absolute Gasteiger partial charge is 0.225 e. The number of hydrogen-bond donors (Lipinski definition) is 0. The van der Waals surface area contributed by atoms with Gasteiger partial charge < -0.3 is 14.7 Å². The third kappa shape index (κ3) is 4.74. The summed E-state index contributed by atoms with van der Waals surface area (Å²) in [5.41, 5.74) is 2.13. The number of likely N-dealkylation sites (N-methyl/N-ethyl adjacent to an activating group) is 1. The van der Waals surface area contributed by atoms with Crippen molar-refractivity contribution in [3.05, 3.63) is 54.7 Å². The number of nitrogens with zero attached hydrogens (tertiary/aromatic N) is 5. The average molecular weight is 390 g/mol. The second kappa shape index (κ2) is 8.89. The van der Waals surface area contributed by atoms with E-state index in [0.29, 0.717) is 6.04 Å². The molecule has 1 saturated heterocycles. The summed E-state index contributed by atoms with van der Waals surface area (Å²) in [4.78, 5) is 16.6. The number of fused-ring (bicyclic) bond motifs is 1. The van der Waals surface area contributed by atoms with Crippen LogP contribution in [0.4, 0.5) is 5.95 Å². The number of aromatic nitrogens is 2. The van der Waals surface area contributed by atoms with Crippen LogP contribution < -0.4 is 4.90 Å². The highest BCUT2D eigenvalue weighted by molar-refractivity contribution is 5.86. The van der Waals surface area contributed by atoms with Gasteiger partial charge in [0.1, 0.15) is 0 Å². The van der Waals surface area contributed by atoms with E-state index in [1.165, 1.54) is 23.6 Å². The molecule has 0 amide bonds. The quantitative estimate of drug-likeness (QED) is 0.615. The fourth-order valence-corrected chi connectivity index (χ4v) is 4.11. The first kappa shape index (κ1) is 19.8. The third-order valence-corrected chi connectivity index (χ3v) is 5.87. The maximum atomic E-state index is 4.90. The molecule has 0 unspecified atom stereocenters. The second-order valence-corrected chi connectivity index (χ2v) is 8.33. The van der Waals surface area contributed by atoms with E-state index in [2.05, 4.69) is 83.3 Å². The highest BCUT2D eigenvalue weighted by Crippen LogP contribution is 2.25. The van der Waals surface area contributed by atoms with Crippen LogP contribution >= 0.6 is 0 Å². The van der Waals surface area contributed by atoms with Gasteiger partial charge in [-0.05, 0) is 70.0 Å². The van der Waals surface area contributed by atoms with E-state index >= 15 is 0 Å². The Morgan fingerprint density at radius 2 is 1.83 bits per heavy atom. The Morgan fingerprint density at radius 1 is 1.00 bits per heavy atom. The first-order chi connectivity index (χ1) is 14.1. The van der Waals surface area contributed by atoms with Crippen LogP contribution in [0.2, 0.25) is 0 Å². The first-order valence-corrected chi connectivity index (χ1v) is 10.5. The molecule has 1 atom stereocenters. The zero-order valence-electron chi connectivity index (χ0n) is 17.8. The van der Waals surface area contributed by atoms with Crippen molar-refractivity contribution in [1.29, 1.82) is 0 Å². The molecule has 0 spiro atoms. The lowest BCUT2D eigenvalue weighted by Gasteiger charge is -2.25. The Labute approximate surface area is 174 Å². The molecule has 2 aromatic carbocycles. The van der Waals surface area contributed by atoms with Crippen molar-refractivity contribution in [3.8, 4) is 11.3 Å². The fraction of sp³-hybridized carbons (Fsp3) is 0.417. The maximum absolute atomic E-state index is 4.90. The van der Waals surface area contributed by atoms with Crippen molar-refractivity contribution < 1.29 is 0 Å². The zero-order valence-corrected chi connectivity index (χ0v) is 17.8. The molecule has 0 aliphatic carbocycles. The minimum atomic E-state index is 0.574. The van der Waals surface area contributed by atoms with Gasteiger partial charge in [-0.1, -0.05) is 36.4 Å². The molecule has 0 bridgehead atoms. The molecule has 29 heavy (non-hydrogen) atoms. The SMILES string of the molecule is CN(C)CCCN(C)[C@@H]1CCN(c2nccc(-c3ccc4ccccc4c3)n2)C1. The molecular formula is C24H31N5. The number of benzene rings is 2. The van der Waals surface area contributed by atoms with Gasteiger partial charge in [-0.15, -0.1) is 0 Å². The average Bonchev–Trinajstić information content (AvgIpc) is 3.24. The molecule has 3 aromatic rings. The number of rotatable bonds is 7. The largest absolute Gasteiger partial charge is 0.339 e. The van der Waals surface area contributed by atoms with Gasteiger partial charge in [0.2, 0.25) is 5.95 Å². The van der Waals surface area contributed by atoms with Crippen molar-refractivity contribution in [1.82, 2.24) is 19.8 Å². The summed E-state index contributed by atoms with van der Waals surface area (Å²) in [5, 5.41) is 2.50. The van der Waals surface area contributed by atoms with Gasteiger partial charge >= 0.3 is 0 Å². The van der Waals surface area contributed by atoms with Crippen LogP contribution in [0.5, 0.6) is 0 Å². The van der Waals surface area contributed by atoms with Crippen molar-refractivity contribution in [2.75, 3.05) is 52.2 Å². The van der Waals surface area contributed by atoms with Crippen LogP contribution in [0, 0.1) is 0 Å². The molecule has 1 aliphatic rings. The molecule has 5 heteroatoms. The van der Waals surface area contributed by atoms with E-state index in [0.717, 1.165) is 43.4 Å². The van der Waals surface area contributed by atoms with Gasteiger partial charge in [-0.3, -0.25) is 0 Å². The van der Waals surface area contributed by atoms with E-state index in [1.54, 1.807) is 0 Å². The minimum absolute atomic E-state index is 0.574. The van der Waals surface area contributed by atoms with Crippen molar-refractivity contribution >= 4 is 16.7 Å². The molecule has 4 rings (SSSR count). The van der Waals surface area contributed by atoms with Gasteiger partial charge in [-0.25, -0.2) is 9.97 Å². The predicted octanol–water partition coefficient (Wildman–Crippen LogP) is 3.76. The van der Waals surface area contributed by atoms with Gasteiger partial charge in [0.05, 0.1) is 5.69 Å². The standard InChI is InChI=1S/C24H31N5/c1-27(2)14-6-15-28(3)22-12-16-29(18-22)24-25-13-11-23(26-24)21-10-9-19-7-4-5-8-20(19)17-21/h4-5,7-11,13,17,22H,6,12,14-16,18H2,1-3H3/t22-/m1/s1. The van der Waals surface area contributed by atoms with Gasteiger partial charge in [-0.2, -0.15) is 0 Å². The minimum Gasteiger partial charge on any atom is -0.339 e. The second-order valence-electron chi connectivity index (χ2n) is 8.33. The van der Waals surface area contributed by atoms with E-state index in [1.807, 2.05) is 12.3 Å². The molecular weight excluding hydrogens is 358 g/mol. The summed E-state index contributed by atoms with van der Waals surface area (Å²) in [7, 11) is 6.52. The molecule has 1 fully saturated rings. The Morgan fingerprint density at radius 3 is 2.66 bits per heavy atom. The highest BCUT2D eigenvalue weighted by Gasteiger charge is 2.27. The van der Waals surface area contributed by atoms with Crippen molar-refractivity contribution in [2.24, 2.45) is 0 Å². The Bertz CT molecular complexity index is 955. The first-order valence-electron chi connectivity index (χ1n) is 10.5. The highest BCUT2D eigenvalue weighted by atomic mass is 15.3. The van der Waals surface area contributed by atoms with E-state index < -0.39 is 0 Å². The van der Waals surface area contributed by atoms with Crippen LogP contribution in [0.15, 0.2) is 54.7 Å². The van der Waals surface area contributed by atoms with Crippen LogP contribution in [0.1, 0.15) is 12.8 Å². The third-order valence-electron chi connectivity index (χ3n) is 5.87. The van der Waals surface area contributed by atoms with E-state index in [9.17, 15) is 0 Å². The Hall–Kier alpha value is -2.50. The van der Waals surface area contributed by atoms with E-state index in [-0.39, 0.29) is 0 Å². The van der Waals surface area contributed by atoms with Crippen LogP contribution in [0.3, 0.4) is 0 Å². The molecule has 0 saturated carbocycles. The summed E-state index contributed by atoms with van der Waals surface area (Å²) < 4.78 is 0. The summed E-state index contributed by atoms with van der Waals surface area (Å²) in [5.74, 6) is 0.847. The number of hydrogen-bond acceptors (Lipinski definition) is 5. The van der Waals surface area contributed by atoms with Crippen LogP contribution in [-0.2, 0) is 0 Å². The molecule has 1 aromatic heterocycles. The molecule has 0 N–H and O–H groups in total. The maximum Gasteiger partial charge on any atom is 0.225 e. The Balaban J connectivity index is 1.45. The molecule has 0 radical (unpaired) electrons. The monoisotopic (exact) mass is 389 g/mol. The van der Waals surface area contributed by atoms with Crippen molar-refractivity contribution in [3.63, 3.8) is 0 Å². The molecule has 5 nitrogen and oxygen atoms in total. The van der Waals surface area contributed by atoms with Gasteiger partial charge in [0.15, 0.2) is 0 Å². The zero-order chi connectivity index (χ0) is 20.2. The summed E-state index contributed by atoms with van der Waals surface area (Å²) in [6.07, 6.45) is 4.26. The molecule has 1 aliphatic heterocycles. The van der Waals surface area contributed by atoms with Crippen LogP contribution in [0.25, 0.3) is 22.0 Å². The lowest BCUT2D eigenvalue weighted by Crippen LogP contribution is -2.36. The molecule has 2 heterocycles. The summed E-state index contributed by atoms with van der Waals surface area (Å²) in [6, 6.07) is 17.6. The van der Waals surface area contributed by atoms with E-state index in [4.69, 9.17) is 4.98 Å². The fourth-order valence-electron chi connectivity index (χ4n) is 4.11. The number of anilines is 1.